The van der Waals surface area contributed by atoms with E-state index in [-0.39, 0.29) is 41.4 Å². The number of rotatable bonds is 8. The number of aromatic nitrogens is 2. The third-order valence-corrected chi connectivity index (χ3v) is 5.25. The number of nitrogens with one attached hydrogen (secondary N) is 2. The average molecular weight is 485 g/mol. The lowest BCUT2D eigenvalue weighted by molar-refractivity contribution is -0.137. The van der Waals surface area contributed by atoms with Gasteiger partial charge in [-0.05, 0) is 29.8 Å². The summed E-state index contributed by atoms with van der Waals surface area (Å²) in [5.41, 5.74) is -0.289. The molecule has 3 rings (SSSR count). The highest BCUT2D eigenvalue weighted by molar-refractivity contribution is 7.99. The van der Waals surface area contributed by atoms with Gasteiger partial charge >= 0.3 is 6.18 Å². The Morgan fingerprint density at radius 1 is 1.03 bits per heavy atom. The second-order valence-corrected chi connectivity index (χ2v) is 7.71. The first-order chi connectivity index (χ1) is 15.2. The van der Waals surface area contributed by atoms with Crippen LogP contribution in [-0.2, 0) is 24.1 Å². The molecule has 32 heavy (non-hydrogen) atoms. The van der Waals surface area contributed by atoms with Gasteiger partial charge in [-0.25, -0.2) is 0 Å². The van der Waals surface area contributed by atoms with Gasteiger partial charge < -0.3 is 15.1 Å². The first kappa shape index (κ1) is 23.6. The number of carbonyl (C=O) groups excluding carboxylic acids is 2. The predicted molar refractivity (Wildman–Crippen MR) is 111 cm³/mol. The SMILES string of the molecule is O=C(CSc1nnc(CNC(=O)c2cccc(C(F)(F)F)c2)o1)NCc1ccccc1Cl. The van der Waals surface area contributed by atoms with Crippen molar-refractivity contribution in [1.29, 1.82) is 0 Å². The Labute approximate surface area is 189 Å². The summed E-state index contributed by atoms with van der Waals surface area (Å²) in [5, 5.41) is 13.3. The lowest BCUT2D eigenvalue weighted by Crippen LogP contribution is -2.24. The largest absolute Gasteiger partial charge is 0.416 e. The molecule has 0 fully saturated rings. The molecule has 3 aromatic rings. The Morgan fingerprint density at radius 3 is 2.56 bits per heavy atom. The molecule has 0 saturated carbocycles. The van der Waals surface area contributed by atoms with Crippen molar-refractivity contribution in [2.45, 2.75) is 24.5 Å². The molecule has 0 aliphatic rings. The maximum Gasteiger partial charge on any atom is 0.416 e. The summed E-state index contributed by atoms with van der Waals surface area (Å²) in [6, 6.07) is 11.2. The van der Waals surface area contributed by atoms with Crippen LogP contribution in [0.15, 0.2) is 58.2 Å². The minimum absolute atomic E-state index is 0.0165. The molecule has 2 N–H and O–H groups in total. The summed E-state index contributed by atoms with van der Waals surface area (Å²) in [6.07, 6.45) is -4.55. The molecule has 0 atom stereocenters. The number of nitrogens with zero attached hydrogens (tertiary/aromatic N) is 2. The number of carbonyl (C=O) groups is 2. The number of thioether (sulfide) groups is 1. The lowest BCUT2D eigenvalue weighted by atomic mass is 10.1. The molecule has 12 heteroatoms. The van der Waals surface area contributed by atoms with E-state index in [0.29, 0.717) is 5.02 Å². The second-order valence-electron chi connectivity index (χ2n) is 6.38. The van der Waals surface area contributed by atoms with E-state index >= 15 is 0 Å². The smallest absolute Gasteiger partial charge is 0.414 e. The van der Waals surface area contributed by atoms with Crippen LogP contribution in [-0.4, -0.2) is 27.8 Å². The fraction of sp³-hybridized carbons (Fsp3) is 0.200. The average Bonchev–Trinajstić information content (AvgIpc) is 3.23. The number of amides is 2. The molecule has 7 nitrogen and oxygen atoms in total. The molecule has 0 spiro atoms. The van der Waals surface area contributed by atoms with E-state index in [2.05, 4.69) is 20.8 Å². The highest BCUT2D eigenvalue weighted by Crippen LogP contribution is 2.29. The Kier molecular flexibility index (Phi) is 7.75. The zero-order chi connectivity index (χ0) is 23.1. The number of hydrogen-bond donors (Lipinski definition) is 2. The molecular formula is C20H16ClF3N4O3S. The highest BCUT2D eigenvalue weighted by Gasteiger charge is 2.30. The first-order valence-electron chi connectivity index (χ1n) is 9.13. The molecule has 0 bridgehead atoms. The molecule has 2 amide bonds. The van der Waals surface area contributed by atoms with Crippen LogP contribution in [0.3, 0.4) is 0 Å². The number of halogens is 4. The minimum Gasteiger partial charge on any atom is -0.414 e. The van der Waals surface area contributed by atoms with Gasteiger partial charge in [-0.3, -0.25) is 9.59 Å². The fourth-order valence-corrected chi connectivity index (χ4v) is 3.29. The zero-order valence-electron chi connectivity index (χ0n) is 16.3. The third-order valence-electron chi connectivity index (χ3n) is 4.06. The molecule has 0 saturated heterocycles. The van der Waals surface area contributed by atoms with Crippen LogP contribution in [0.1, 0.15) is 27.4 Å². The molecule has 0 aliphatic carbocycles. The maximum absolute atomic E-state index is 12.8. The molecular weight excluding hydrogens is 469 g/mol. The van der Waals surface area contributed by atoms with E-state index in [0.717, 1.165) is 35.5 Å². The van der Waals surface area contributed by atoms with E-state index in [1.165, 1.54) is 6.07 Å². The fourth-order valence-electron chi connectivity index (χ4n) is 2.48. The Morgan fingerprint density at radius 2 is 1.81 bits per heavy atom. The molecule has 168 valence electrons. The molecule has 0 radical (unpaired) electrons. The van der Waals surface area contributed by atoms with Gasteiger partial charge in [0.25, 0.3) is 11.1 Å². The molecule has 0 unspecified atom stereocenters. The van der Waals surface area contributed by atoms with Crippen molar-refractivity contribution in [1.82, 2.24) is 20.8 Å². The van der Waals surface area contributed by atoms with Gasteiger partial charge in [-0.15, -0.1) is 10.2 Å². The summed E-state index contributed by atoms with van der Waals surface area (Å²) in [6.45, 7) is 0.0943. The standard InChI is InChI=1S/C20H16ClF3N4O3S/c21-15-7-2-1-4-13(15)9-25-16(29)11-32-19-28-27-17(31-19)10-26-18(30)12-5-3-6-14(8-12)20(22,23)24/h1-8H,9-11H2,(H,25,29)(H,26,30). The van der Waals surface area contributed by atoms with Gasteiger partial charge in [0, 0.05) is 17.1 Å². The number of benzene rings is 2. The first-order valence-corrected chi connectivity index (χ1v) is 10.5. The quantitative estimate of drug-likeness (QED) is 0.468. The van der Waals surface area contributed by atoms with Crippen LogP contribution in [0.5, 0.6) is 0 Å². The van der Waals surface area contributed by atoms with Gasteiger partial charge in [-0.2, -0.15) is 13.2 Å². The van der Waals surface area contributed by atoms with Crippen LogP contribution in [0.25, 0.3) is 0 Å². The van der Waals surface area contributed by atoms with Crippen LogP contribution in [0.2, 0.25) is 5.02 Å². The van der Waals surface area contributed by atoms with E-state index in [9.17, 15) is 22.8 Å². The van der Waals surface area contributed by atoms with Crippen molar-refractivity contribution in [2.75, 3.05) is 5.75 Å². The van der Waals surface area contributed by atoms with Crippen molar-refractivity contribution in [3.63, 3.8) is 0 Å². The van der Waals surface area contributed by atoms with Crippen LogP contribution in [0.4, 0.5) is 13.2 Å². The molecule has 1 aromatic heterocycles. The van der Waals surface area contributed by atoms with Crippen molar-refractivity contribution in [3.05, 3.63) is 76.1 Å². The van der Waals surface area contributed by atoms with Gasteiger partial charge in [0.05, 0.1) is 17.9 Å². The summed E-state index contributed by atoms with van der Waals surface area (Å²) >= 11 is 7.03. The van der Waals surface area contributed by atoms with Crippen LogP contribution >= 0.6 is 23.4 Å². The van der Waals surface area contributed by atoms with E-state index in [4.69, 9.17) is 16.0 Å². The van der Waals surface area contributed by atoms with Crippen molar-refractivity contribution in [2.24, 2.45) is 0 Å². The topological polar surface area (TPSA) is 97.1 Å². The summed E-state index contributed by atoms with van der Waals surface area (Å²) in [5.74, 6) is -0.929. The Hall–Kier alpha value is -3.05. The number of alkyl halides is 3. The zero-order valence-corrected chi connectivity index (χ0v) is 17.9. The van der Waals surface area contributed by atoms with Gasteiger partial charge in [0.1, 0.15) is 0 Å². The predicted octanol–water partition coefficient (Wildman–Crippen LogP) is 4.08. The van der Waals surface area contributed by atoms with Gasteiger partial charge in [-0.1, -0.05) is 47.6 Å². The van der Waals surface area contributed by atoms with Crippen molar-refractivity contribution in [3.8, 4) is 0 Å². The van der Waals surface area contributed by atoms with E-state index < -0.39 is 17.6 Å². The lowest BCUT2D eigenvalue weighted by Gasteiger charge is -2.08. The molecule has 2 aromatic carbocycles. The summed E-state index contributed by atoms with van der Waals surface area (Å²) in [7, 11) is 0. The summed E-state index contributed by atoms with van der Waals surface area (Å²) < 4.78 is 43.6. The second kappa shape index (κ2) is 10.5. The molecule has 0 aliphatic heterocycles. The van der Waals surface area contributed by atoms with E-state index in [1.807, 2.05) is 6.07 Å². The van der Waals surface area contributed by atoms with Crippen molar-refractivity contribution < 1.29 is 27.2 Å². The van der Waals surface area contributed by atoms with Crippen LogP contribution in [0, 0.1) is 0 Å². The highest BCUT2D eigenvalue weighted by atomic mass is 35.5. The van der Waals surface area contributed by atoms with Gasteiger partial charge in [0.15, 0.2) is 0 Å². The molecule has 1 heterocycles. The van der Waals surface area contributed by atoms with Gasteiger partial charge in [0.2, 0.25) is 11.8 Å². The monoisotopic (exact) mass is 484 g/mol. The van der Waals surface area contributed by atoms with E-state index in [1.54, 1.807) is 18.2 Å². The van der Waals surface area contributed by atoms with Crippen LogP contribution < -0.4 is 10.6 Å². The van der Waals surface area contributed by atoms with Crippen molar-refractivity contribution >= 4 is 35.2 Å². The third kappa shape index (κ3) is 6.72. The normalized spacial score (nSPS) is 11.2. The Bertz CT molecular complexity index is 1110. The summed E-state index contributed by atoms with van der Waals surface area (Å²) in [4.78, 5) is 24.1. The minimum atomic E-state index is -4.55. The maximum atomic E-state index is 12.8. The number of hydrogen-bond acceptors (Lipinski definition) is 6. The Balaban J connectivity index is 1.45.